The minimum Gasteiger partial charge on any atom is -0.466 e. The standard InChI is InChI=1S/C14H19ClN2O3S/c1-2-20-14(19)4-3-7-17-13(18)9-21-12-8-10(15)5-6-11(12)16/h5-6,8H,2-4,7,9,16H2,1H3,(H,17,18). The van der Waals surface area contributed by atoms with E-state index in [0.717, 1.165) is 4.90 Å². The first-order valence-electron chi connectivity index (χ1n) is 6.63. The van der Waals surface area contributed by atoms with E-state index in [1.807, 2.05) is 0 Å². The van der Waals surface area contributed by atoms with Crippen LogP contribution in [-0.4, -0.2) is 30.8 Å². The van der Waals surface area contributed by atoms with Gasteiger partial charge in [0.25, 0.3) is 0 Å². The van der Waals surface area contributed by atoms with E-state index < -0.39 is 0 Å². The van der Waals surface area contributed by atoms with Crippen LogP contribution in [0.3, 0.4) is 0 Å². The summed E-state index contributed by atoms with van der Waals surface area (Å²) in [7, 11) is 0. The molecule has 1 rings (SSSR count). The van der Waals surface area contributed by atoms with Gasteiger partial charge in [-0.1, -0.05) is 11.6 Å². The van der Waals surface area contributed by atoms with Gasteiger partial charge in [-0.2, -0.15) is 0 Å². The molecule has 1 aromatic carbocycles. The molecule has 116 valence electrons. The fraction of sp³-hybridized carbons (Fsp3) is 0.429. The van der Waals surface area contributed by atoms with Crippen LogP contribution < -0.4 is 11.1 Å². The van der Waals surface area contributed by atoms with Gasteiger partial charge in [-0.05, 0) is 31.5 Å². The van der Waals surface area contributed by atoms with Crippen molar-refractivity contribution in [2.24, 2.45) is 0 Å². The summed E-state index contributed by atoms with van der Waals surface area (Å²) in [6.45, 7) is 2.59. The first-order valence-corrected chi connectivity index (χ1v) is 7.99. The Morgan fingerprint density at radius 3 is 2.90 bits per heavy atom. The van der Waals surface area contributed by atoms with E-state index in [4.69, 9.17) is 22.1 Å². The van der Waals surface area contributed by atoms with Gasteiger partial charge < -0.3 is 15.8 Å². The Bertz CT molecular complexity index is 497. The molecule has 21 heavy (non-hydrogen) atoms. The molecule has 0 aliphatic rings. The monoisotopic (exact) mass is 330 g/mol. The Morgan fingerprint density at radius 2 is 2.19 bits per heavy atom. The predicted molar refractivity (Wildman–Crippen MR) is 85.5 cm³/mol. The molecule has 0 fully saturated rings. The molecule has 1 aromatic rings. The van der Waals surface area contributed by atoms with Crippen LogP contribution >= 0.6 is 23.4 Å². The number of ether oxygens (including phenoxy) is 1. The minimum atomic E-state index is -0.243. The number of amides is 1. The Morgan fingerprint density at radius 1 is 1.43 bits per heavy atom. The number of nitrogen functional groups attached to an aromatic ring is 1. The van der Waals surface area contributed by atoms with E-state index in [-0.39, 0.29) is 17.6 Å². The lowest BCUT2D eigenvalue weighted by Gasteiger charge is -2.07. The van der Waals surface area contributed by atoms with Gasteiger partial charge in [-0.15, -0.1) is 11.8 Å². The molecule has 0 unspecified atom stereocenters. The highest BCUT2D eigenvalue weighted by atomic mass is 35.5. The maximum Gasteiger partial charge on any atom is 0.305 e. The van der Waals surface area contributed by atoms with Gasteiger partial charge in [-0.25, -0.2) is 0 Å². The third-order valence-electron chi connectivity index (χ3n) is 2.52. The maximum atomic E-state index is 11.7. The van der Waals surface area contributed by atoms with Gasteiger partial charge in [0.1, 0.15) is 0 Å². The minimum absolute atomic E-state index is 0.108. The third-order valence-corrected chi connectivity index (χ3v) is 3.83. The number of carbonyl (C=O) groups is 2. The van der Waals surface area contributed by atoms with E-state index in [9.17, 15) is 9.59 Å². The molecule has 5 nitrogen and oxygen atoms in total. The lowest BCUT2D eigenvalue weighted by atomic mass is 10.3. The van der Waals surface area contributed by atoms with Crippen LogP contribution in [0.4, 0.5) is 5.69 Å². The van der Waals surface area contributed by atoms with E-state index in [1.165, 1.54) is 11.8 Å². The molecule has 3 N–H and O–H groups in total. The van der Waals surface area contributed by atoms with Crippen molar-refractivity contribution in [3.05, 3.63) is 23.2 Å². The maximum absolute atomic E-state index is 11.7. The number of thioether (sulfide) groups is 1. The number of nitrogens with two attached hydrogens (primary N) is 1. The Kier molecular flexibility index (Phi) is 8.00. The van der Waals surface area contributed by atoms with Crippen molar-refractivity contribution in [2.45, 2.75) is 24.7 Å². The number of rotatable bonds is 8. The summed E-state index contributed by atoms with van der Waals surface area (Å²) < 4.78 is 4.80. The number of hydrogen-bond acceptors (Lipinski definition) is 5. The van der Waals surface area contributed by atoms with E-state index in [0.29, 0.717) is 36.7 Å². The number of nitrogens with one attached hydrogen (secondary N) is 1. The van der Waals surface area contributed by atoms with Crippen molar-refractivity contribution in [3.63, 3.8) is 0 Å². The average Bonchev–Trinajstić information content (AvgIpc) is 2.45. The largest absolute Gasteiger partial charge is 0.466 e. The van der Waals surface area contributed by atoms with Crippen molar-refractivity contribution < 1.29 is 14.3 Å². The summed E-state index contributed by atoms with van der Waals surface area (Å²) in [5.41, 5.74) is 6.39. The lowest BCUT2D eigenvalue weighted by molar-refractivity contribution is -0.143. The molecule has 0 saturated carbocycles. The molecule has 1 amide bonds. The second kappa shape index (κ2) is 9.52. The van der Waals surface area contributed by atoms with E-state index in [2.05, 4.69) is 5.32 Å². The lowest BCUT2D eigenvalue weighted by Crippen LogP contribution is -2.26. The van der Waals surface area contributed by atoms with Crippen LogP contribution in [-0.2, 0) is 14.3 Å². The summed E-state index contributed by atoms with van der Waals surface area (Å²) >= 11 is 7.21. The molecule has 0 radical (unpaired) electrons. The van der Waals surface area contributed by atoms with E-state index >= 15 is 0 Å². The number of anilines is 1. The number of carbonyl (C=O) groups excluding carboxylic acids is 2. The second-order valence-electron chi connectivity index (χ2n) is 4.23. The van der Waals surface area contributed by atoms with Crippen molar-refractivity contribution in [1.82, 2.24) is 5.32 Å². The Labute approximate surface area is 133 Å². The number of hydrogen-bond donors (Lipinski definition) is 2. The van der Waals surface area contributed by atoms with Crippen LogP contribution in [0.1, 0.15) is 19.8 Å². The van der Waals surface area contributed by atoms with Crippen LogP contribution in [0.15, 0.2) is 23.1 Å². The molecule has 0 aliphatic carbocycles. The highest BCUT2D eigenvalue weighted by molar-refractivity contribution is 8.00. The summed E-state index contributed by atoms with van der Waals surface area (Å²) in [4.78, 5) is 23.5. The Hall–Kier alpha value is -1.40. The van der Waals surface area contributed by atoms with Gasteiger partial charge >= 0.3 is 5.97 Å². The predicted octanol–water partition coefficient (Wildman–Crippen LogP) is 2.47. The molecule has 0 saturated heterocycles. The molecule has 0 aromatic heterocycles. The van der Waals surface area contributed by atoms with Crippen molar-refractivity contribution in [1.29, 1.82) is 0 Å². The smallest absolute Gasteiger partial charge is 0.305 e. The van der Waals surface area contributed by atoms with Crippen LogP contribution in [0.25, 0.3) is 0 Å². The quantitative estimate of drug-likeness (QED) is 0.331. The Balaban J connectivity index is 2.22. The van der Waals surface area contributed by atoms with Crippen molar-refractivity contribution >= 4 is 40.9 Å². The number of esters is 1. The molecule has 0 bridgehead atoms. The highest BCUT2D eigenvalue weighted by Gasteiger charge is 2.07. The molecule has 0 atom stereocenters. The SMILES string of the molecule is CCOC(=O)CCCNC(=O)CSc1cc(Cl)ccc1N. The molecule has 0 heterocycles. The molecule has 0 aliphatic heterocycles. The van der Waals surface area contributed by atoms with Crippen molar-refractivity contribution in [2.75, 3.05) is 24.6 Å². The van der Waals surface area contributed by atoms with Crippen LogP contribution in [0.5, 0.6) is 0 Å². The summed E-state index contributed by atoms with van der Waals surface area (Å²) in [5.74, 6) is -0.0970. The zero-order valence-corrected chi connectivity index (χ0v) is 13.4. The zero-order valence-electron chi connectivity index (χ0n) is 11.9. The van der Waals surface area contributed by atoms with E-state index in [1.54, 1.807) is 25.1 Å². The summed E-state index contributed by atoms with van der Waals surface area (Å²) in [6.07, 6.45) is 0.872. The first kappa shape index (κ1) is 17.7. The zero-order chi connectivity index (χ0) is 15.7. The second-order valence-corrected chi connectivity index (χ2v) is 5.68. The van der Waals surface area contributed by atoms with Crippen LogP contribution in [0, 0.1) is 0 Å². The van der Waals surface area contributed by atoms with Gasteiger partial charge in [0.05, 0.1) is 12.4 Å². The summed E-state index contributed by atoms with van der Waals surface area (Å²) in [5, 5.41) is 3.33. The van der Waals surface area contributed by atoms with Gasteiger partial charge in [0.2, 0.25) is 5.91 Å². The molecular formula is C14H19ClN2O3S. The molecule has 0 spiro atoms. The van der Waals surface area contributed by atoms with Crippen LogP contribution in [0.2, 0.25) is 5.02 Å². The van der Waals surface area contributed by atoms with Gasteiger partial charge in [0, 0.05) is 28.6 Å². The topological polar surface area (TPSA) is 81.4 Å². The van der Waals surface area contributed by atoms with Crippen molar-refractivity contribution in [3.8, 4) is 0 Å². The fourth-order valence-corrected chi connectivity index (χ4v) is 2.59. The number of halogens is 1. The van der Waals surface area contributed by atoms with Gasteiger partial charge in [-0.3, -0.25) is 9.59 Å². The average molecular weight is 331 g/mol. The normalized spacial score (nSPS) is 10.2. The summed E-state index contributed by atoms with van der Waals surface area (Å²) in [6, 6.07) is 5.15. The fourth-order valence-electron chi connectivity index (χ4n) is 1.52. The molecular weight excluding hydrogens is 312 g/mol. The number of benzene rings is 1. The highest BCUT2D eigenvalue weighted by Crippen LogP contribution is 2.27. The first-order chi connectivity index (χ1) is 10.0. The molecule has 7 heteroatoms. The van der Waals surface area contributed by atoms with Gasteiger partial charge in [0.15, 0.2) is 0 Å². The third kappa shape index (κ3) is 7.24.